The summed E-state index contributed by atoms with van der Waals surface area (Å²) in [5.41, 5.74) is 1.04. The molecule has 0 aliphatic carbocycles. The molecule has 1 aromatic heterocycles. The van der Waals surface area contributed by atoms with E-state index in [1.165, 1.54) is 28.9 Å². The van der Waals surface area contributed by atoms with Gasteiger partial charge in [-0.2, -0.15) is 18.3 Å². The molecule has 2 heterocycles. The maximum Gasteiger partial charge on any atom is 0.416 e. The molecule has 0 atom stereocenters. The second-order valence-corrected chi connectivity index (χ2v) is 6.87. The van der Waals surface area contributed by atoms with Gasteiger partial charge in [0.05, 0.1) is 27.0 Å². The zero-order valence-electron chi connectivity index (χ0n) is 13.5. The molecule has 3 nitrogen and oxygen atoms in total. The zero-order chi connectivity index (χ0) is 19.3. The first kappa shape index (κ1) is 18.1. The van der Waals surface area contributed by atoms with Gasteiger partial charge in [0.25, 0.3) is 0 Å². The Morgan fingerprint density at radius 1 is 1.04 bits per heavy atom. The highest BCUT2D eigenvalue weighted by atomic mass is 35.5. The minimum Gasteiger partial charge on any atom is -0.369 e. The molecule has 1 aliphatic heterocycles. The van der Waals surface area contributed by atoms with Crippen LogP contribution in [0.4, 0.5) is 23.4 Å². The topological polar surface area (TPSA) is 29.9 Å². The third kappa shape index (κ3) is 3.15. The Morgan fingerprint density at radius 3 is 2.52 bits per heavy atom. The number of aromatic nitrogens is 2. The Bertz CT molecular complexity index is 1040. The van der Waals surface area contributed by atoms with Crippen molar-refractivity contribution in [3.63, 3.8) is 0 Å². The summed E-state index contributed by atoms with van der Waals surface area (Å²) in [6.45, 7) is 0.593. The molecule has 2 aromatic carbocycles. The smallest absolute Gasteiger partial charge is 0.369 e. The third-order valence-electron chi connectivity index (χ3n) is 4.34. The predicted octanol–water partition coefficient (Wildman–Crippen LogP) is 5.97. The number of nitrogens with one attached hydrogen (secondary N) is 1. The minimum absolute atomic E-state index is 0.0987. The molecule has 0 saturated carbocycles. The number of fused-ring (bicyclic) bond motifs is 1. The first-order chi connectivity index (χ1) is 12.8. The second kappa shape index (κ2) is 6.42. The molecule has 9 heteroatoms. The average molecular weight is 416 g/mol. The number of nitrogens with zero attached hydrogens (tertiary/aromatic N) is 2. The van der Waals surface area contributed by atoms with Crippen LogP contribution in [0.25, 0.3) is 16.9 Å². The first-order valence-electron chi connectivity index (χ1n) is 7.94. The van der Waals surface area contributed by atoms with Crippen molar-refractivity contribution in [1.29, 1.82) is 0 Å². The van der Waals surface area contributed by atoms with E-state index in [4.69, 9.17) is 23.2 Å². The van der Waals surface area contributed by atoms with Gasteiger partial charge < -0.3 is 5.32 Å². The molecule has 0 unspecified atom stereocenters. The first-order valence-corrected chi connectivity index (χ1v) is 8.69. The van der Waals surface area contributed by atoms with Crippen LogP contribution in [-0.4, -0.2) is 16.3 Å². The Morgan fingerprint density at radius 2 is 1.81 bits per heavy atom. The largest absolute Gasteiger partial charge is 0.416 e. The number of anilines is 1. The van der Waals surface area contributed by atoms with Crippen molar-refractivity contribution in [2.45, 2.75) is 12.6 Å². The van der Waals surface area contributed by atoms with E-state index in [1.54, 1.807) is 0 Å². The molecular formula is C18H11Cl2F4N3. The van der Waals surface area contributed by atoms with E-state index >= 15 is 0 Å². The average Bonchev–Trinajstić information content (AvgIpc) is 3.17. The molecule has 0 bridgehead atoms. The van der Waals surface area contributed by atoms with Gasteiger partial charge in [-0.1, -0.05) is 23.2 Å². The van der Waals surface area contributed by atoms with E-state index in [-0.39, 0.29) is 15.7 Å². The molecule has 4 rings (SSSR count). The van der Waals surface area contributed by atoms with Gasteiger partial charge in [-0.05, 0) is 42.8 Å². The van der Waals surface area contributed by atoms with Crippen LogP contribution >= 0.6 is 23.2 Å². The maximum atomic E-state index is 13.4. The normalized spacial score (nSPS) is 13.6. The highest BCUT2D eigenvalue weighted by molar-refractivity contribution is 6.33. The lowest BCUT2D eigenvalue weighted by atomic mass is 10.1. The molecule has 0 amide bonds. The summed E-state index contributed by atoms with van der Waals surface area (Å²) in [7, 11) is 0. The molecule has 27 heavy (non-hydrogen) atoms. The van der Waals surface area contributed by atoms with Crippen LogP contribution in [0.15, 0.2) is 36.4 Å². The van der Waals surface area contributed by atoms with Gasteiger partial charge in [0.2, 0.25) is 0 Å². The lowest BCUT2D eigenvalue weighted by Gasteiger charge is -2.12. The number of hydrogen-bond acceptors (Lipinski definition) is 2. The molecule has 0 radical (unpaired) electrons. The van der Waals surface area contributed by atoms with Crippen LogP contribution in [0, 0.1) is 5.82 Å². The van der Waals surface area contributed by atoms with E-state index < -0.39 is 17.6 Å². The zero-order valence-corrected chi connectivity index (χ0v) is 15.1. The number of benzene rings is 2. The van der Waals surface area contributed by atoms with Crippen LogP contribution in [0.5, 0.6) is 0 Å². The molecular weight excluding hydrogens is 405 g/mol. The summed E-state index contributed by atoms with van der Waals surface area (Å²) in [5, 5.41) is 7.85. The fraction of sp³-hybridized carbons (Fsp3) is 0.167. The van der Waals surface area contributed by atoms with Gasteiger partial charge in [-0.25, -0.2) is 9.07 Å². The van der Waals surface area contributed by atoms with Crippen molar-refractivity contribution in [2.75, 3.05) is 11.9 Å². The van der Waals surface area contributed by atoms with Crippen LogP contribution in [0.2, 0.25) is 10.0 Å². The number of alkyl halides is 3. The highest BCUT2D eigenvalue weighted by Crippen LogP contribution is 2.40. The van der Waals surface area contributed by atoms with Crippen LogP contribution in [0.1, 0.15) is 11.1 Å². The van der Waals surface area contributed by atoms with Crippen LogP contribution < -0.4 is 5.32 Å². The SMILES string of the molecule is Fc1ccc(-c2nn(-c3cc(C(F)(F)F)ccc3Cl)c3c2CCN3)c(Cl)c1. The van der Waals surface area contributed by atoms with E-state index in [2.05, 4.69) is 10.4 Å². The Hall–Kier alpha value is -2.25. The van der Waals surface area contributed by atoms with Gasteiger partial charge in [0.15, 0.2) is 0 Å². The standard InChI is InChI=1S/C18H11Cl2F4N3/c19-13-4-1-9(18(22,23)24)7-15(13)27-17-12(5-6-25-17)16(26-27)11-3-2-10(21)8-14(11)20/h1-4,7-8,25H,5-6H2. The second-order valence-electron chi connectivity index (χ2n) is 6.05. The van der Waals surface area contributed by atoms with Crippen LogP contribution in [-0.2, 0) is 12.6 Å². The Balaban J connectivity index is 1.92. The van der Waals surface area contributed by atoms with Crippen molar-refractivity contribution in [2.24, 2.45) is 0 Å². The fourth-order valence-electron chi connectivity index (χ4n) is 3.10. The monoisotopic (exact) mass is 415 g/mol. The Labute approximate surface area is 161 Å². The van der Waals surface area contributed by atoms with Crippen molar-refractivity contribution >= 4 is 29.0 Å². The molecule has 0 spiro atoms. The van der Waals surface area contributed by atoms with E-state index in [1.807, 2.05) is 0 Å². The molecule has 3 aromatic rings. The summed E-state index contributed by atoms with van der Waals surface area (Å²) in [4.78, 5) is 0. The van der Waals surface area contributed by atoms with Gasteiger partial charge in [-0.3, -0.25) is 0 Å². The van der Waals surface area contributed by atoms with Gasteiger partial charge >= 0.3 is 6.18 Å². The fourth-order valence-corrected chi connectivity index (χ4v) is 3.55. The van der Waals surface area contributed by atoms with Crippen molar-refractivity contribution in [1.82, 2.24) is 9.78 Å². The minimum atomic E-state index is -4.51. The molecule has 140 valence electrons. The van der Waals surface area contributed by atoms with E-state index in [0.717, 1.165) is 17.7 Å². The van der Waals surface area contributed by atoms with Crippen molar-refractivity contribution < 1.29 is 17.6 Å². The summed E-state index contributed by atoms with van der Waals surface area (Å²) < 4.78 is 54.0. The van der Waals surface area contributed by atoms with E-state index in [0.29, 0.717) is 30.0 Å². The number of rotatable bonds is 2. The number of hydrogen-bond donors (Lipinski definition) is 1. The highest BCUT2D eigenvalue weighted by Gasteiger charge is 2.32. The van der Waals surface area contributed by atoms with Crippen LogP contribution in [0.3, 0.4) is 0 Å². The quantitative estimate of drug-likeness (QED) is 0.522. The molecule has 1 N–H and O–H groups in total. The molecule has 0 fully saturated rings. The lowest BCUT2D eigenvalue weighted by molar-refractivity contribution is -0.137. The maximum absolute atomic E-state index is 13.4. The summed E-state index contributed by atoms with van der Waals surface area (Å²) in [6.07, 6.45) is -3.90. The molecule has 1 aliphatic rings. The van der Waals surface area contributed by atoms with Gasteiger partial charge in [0, 0.05) is 17.7 Å². The third-order valence-corrected chi connectivity index (χ3v) is 4.97. The lowest BCUT2D eigenvalue weighted by Crippen LogP contribution is -2.09. The van der Waals surface area contributed by atoms with Crippen molar-refractivity contribution in [3.05, 3.63) is 63.4 Å². The Kier molecular flexibility index (Phi) is 4.31. The summed E-state index contributed by atoms with van der Waals surface area (Å²) in [5.74, 6) is 0.0606. The van der Waals surface area contributed by atoms with Gasteiger partial charge in [-0.15, -0.1) is 0 Å². The van der Waals surface area contributed by atoms with Gasteiger partial charge in [0.1, 0.15) is 11.6 Å². The summed E-state index contributed by atoms with van der Waals surface area (Å²) in [6, 6.07) is 6.98. The predicted molar refractivity (Wildman–Crippen MR) is 96.2 cm³/mol. The van der Waals surface area contributed by atoms with E-state index in [9.17, 15) is 17.6 Å². The number of halogens is 6. The summed E-state index contributed by atoms with van der Waals surface area (Å²) >= 11 is 12.3. The molecule has 0 saturated heterocycles. The van der Waals surface area contributed by atoms with Crippen molar-refractivity contribution in [3.8, 4) is 16.9 Å².